The van der Waals surface area contributed by atoms with Crippen LogP contribution in [0, 0.1) is 5.92 Å². The number of ketones is 2. The van der Waals surface area contributed by atoms with Gasteiger partial charge in [-0.15, -0.1) is 0 Å². The Bertz CT molecular complexity index is 653. The van der Waals surface area contributed by atoms with E-state index >= 15 is 0 Å². The summed E-state index contributed by atoms with van der Waals surface area (Å²) in [6.45, 7) is 9.79. The molecule has 0 fully saturated rings. The molecule has 0 aliphatic rings. The number of benzene rings is 1. The van der Waals surface area contributed by atoms with E-state index in [4.69, 9.17) is 0 Å². The Hall–Kier alpha value is -1.66. The van der Waals surface area contributed by atoms with Gasteiger partial charge in [0.15, 0.2) is 5.78 Å². The molecule has 0 saturated heterocycles. The Balaban J connectivity index is 2.93. The minimum atomic E-state index is -0.703. The third-order valence-electron chi connectivity index (χ3n) is 4.07. The van der Waals surface area contributed by atoms with Crippen LogP contribution in [0.4, 0.5) is 0 Å². The molecular formula is C22H34N2O3S. The number of rotatable bonds is 11. The Morgan fingerprint density at radius 3 is 2.14 bits per heavy atom. The van der Waals surface area contributed by atoms with Crippen molar-refractivity contribution in [3.05, 3.63) is 35.9 Å². The van der Waals surface area contributed by atoms with Crippen LogP contribution in [0.1, 0.15) is 46.6 Å². The fraction of sp³-hybridized carbons (Fsp3) is 0.591. The Kier molecular flexibility index (Phi) is 9.90. The van der Waals surface area contributed by atoms with E-state index in [1.165, 1.54) is 11.8 Å². The van der Waals surface area contributed by atoms with Crippen molar-refractivity contribution in [3.8, 4) is 0 Å². The molecule has 1 rings (SSSR count). The van der Waals surface area contributed by atoms with E-state index < -0.39 is 23.8 Å². The summed E-state index contributed by atoms with van der Waals surface area (Å²) in [5, 5.41) is 5.91. The highest BCUT2D eigenvalue weighted by Crippen LogP contribution is 2.11. The maximum atomic E-state index is 12.7. The lowest BCUT2D eigenvalue weighted by Gasteiger charge is -2.27. The van der Waals surface area contributed by atoms with Gasteiger partial charge in [-0.1, -0.05) is 44.2 Å². The second kappa shape index (κ2) is 11.4. The first-order valence-corrected chi connectivity index (χ1v) is 11.1. The molecule has 28 heavy (non-hydrogen) atoms. The molecular weight excluding hydrogens is 372 g/mol. The van der Waals surface area contributed by atoms with E-state index in [2.05, 4.69) is 10.6 Å². The Labute approximate surface area is 173 Å². The molecule has 6 heteroatoms. The maximum Gasteiger partial charge on any atom is 0.289 e. The van der Waals surface area contributed by atoms with Gasteiger partial charge in [0.1, 0.15) is 0 Å². The highest BCUT2D eigenvalue weighted by atomic mass is 32.2. The number of carbonyl (C=O) groups is 3. The molecule has 0 radical (unpaired) electrons. The zero-order chi connectivity index (χ0) is 21.3. The number of amides is 1. The molecule has 156 valence electrons. The SMILES string of the molecule is CSCC(NC(C)(C)C)C(=O)C(=O)NC(Cc1ccccc1)C(=O)CC(C)C. The van der Waals surface area contributed by atoms with Gasteiger partial charge in [-0.2, -0.15) is 11.8 Å². The molecule has 1 aromatic rings. The van der Waals surface area contributed by atoms with Gasteiger partial charge in [-0.25, -0.2) is 0 Å². The van der Waals surface area contributed by atoms with Crippen molar-refractivity contribution >= 4 is 29.2 Å². The van der Waals surface area contributed by atoms with Gasteiger partial charge in [-0.3, -0.25) is 14.4 Å². The van der Waals surface area contributed by atoms with Gasteiger partial charge in [0.2, 0.25) is 5.78 Å². The van der Waals surface area contributed by atoms with Crippen molar-refractivity contribution < 1.29 is 14.4 Å². The van der Waals surface area contributed by atoms with E-state index in [-0.39, 0.29) is 17.2 Å². The van der Waals surface area contributed by atoms with Crippen LogP contribution in [0.2, 0.25) is 0 Å². The monoisotopic (exact) mass is 406 g/mol. The maximum absolute atomic E-state index is 12.7. The summed E-state index contributed by atoms with van der Waals surface area (Å²) in [5.74, 6) is -0.601. The van der Waals surface area contributed by atoms with Gasteiger partial charge < -0.3 is 10.6 Å². The van der Waals surface area contributed by atoms with Crippen LogP contribution in [0.3, 0.4) is 0 Å². The number of hydrogen-bond donors (Lipinski definition) is 2. The molecule has 0 aliphatic carbocycles. The first-order valence-electron chi connectivity index (χ1n) is 9.71. The molecule has 5 nitrogen and oxygen atoms in total. The predicted molar refractivity (Wildman–Crippen MR) is 117 cm³/mol. The molecule has 0 aliphatic heterocycles. The lowest BCUT2D eigenvalue weighted by Crippen LogP contribution is -2.55. The van der Waals surface area contributed by atoms with Crippen molar-refractivity contribution in [3.63, 3.8) is 0 Å². The first-order chi connectivity index (χ1) is 13.0. The third kappa shape index (κ3) is 9.02. The summed E-state index contributed by atoms with van der Waals surface area (Å²) >= 11 is 1.50. The van der Waals surface area contributed by atoms with E-state index in [0.717, 1.165) is 5.56 Å². The van der Waals surface area contributed by atoms with E-state index in [9.17, 15) is 14.4 Å². The lowest BCUT2D eigenvalue weighted by atomic mass is 9.96. The molecule has 0 spiro atoms. The van der Waals surface area contributed by atoms with Gasteiger partial charge in [0.25, 0.3) is 5.91 Å². The lowest BCUT2D eigenvalue weighted by molar-refractivity contribution is -0.140. The van der Waals surface area contributed by atoms with Crippen molar-refractivity contribution in [2.24, 2.45) is 5.92 Å². The minimum Gasteiger partial charge on any atom is -0.339 e. The number of thioether (sulfide) groups is 1. The second-order valence-corrected chi connectivity index (χ2v) is 9.46. The van der Waals surface area contributed by atoms with Crippen molar-refractivity contribution in [1.29, 1.82) is 0 Å². The normalized spacial score (nSPS) is 13.8. The highest BCUT2D eigenvalue weighted by Gasteiger charge is 2.31. The summed E-state index contributed by atoms with van der Waals surface area (Å²) in [4.78, 5) is 38.1. The van der Waals surface area contributed by atoms with Crippen molar-refractivity contribution in [2.75, 3.05) is 12.0 Å². The number of hydrogen-bond acceptors (Lipinski definition) is 5. The van der Waals surface area contributed by atoms with E-state index in [1.807, 2.05) is 71.2 Å². The van der Waals surface area contributed by atoms with Crippen LogP contribution in [-0.2, 0) is 20.8 Å². The van der Waals surface area contributed by atoms with Gasteiger partial charge in [-0.05, 0) is 44.9 Å². The number of nitrogens with one attached hydrogen (secondary N) is 2. The average Bonchev–Trinajstić information content (AvgIpc) is 2.59. The molecule has 0 aromatic heterocycles. The molecule has 0 saturated carbocycles. The van der Waals surface area contributed by atoms with Gasteiger partial charge in [0.05, 0.1) is 12.1 Å². The molecule has 1 aromatic carbocycles. The Morgan fingerprint density at radius 2 is 1.64 bits per heavy atom. The van der Waals surface area contributed by atoms with Crippen LogP contribution in [0.15, 0.2) is 30.3 Å². The third-order valence-corrected chi connectivity index (χ3v) is 4.73. The fourth-order valence-electron chi connectivity index (χ4n) is 2.90. The fourth-order valence-corrected chi connectivity index (χ4v) is 3.47. The van der Waals surface area contributed by atoms with E-state index in [1.54, 1.807) is 0 Å². The Morgan fingerprint density at radius 1 is 1.04 bits per heavy atom. The molecule has 0 heterocycles. The van der Waals surface area contributed by atoms with Gasteiger partial charge in [0, 0.05) is 17.7 Å². The minimum absolute atomic E-state index is 0.0507. The van der Waals surface area contributed by atoms with Crippen molar-refractivity contribution in [1.82, 2.24) is 10.6 Å². The second-order valence-electron chi connectivity index (χ2n) is 8.55. The van der Waals surface area contributed by atoms with Gasteiger partial charge >= 0.3 is 0 Å². The standard InChI is InChI=1S/C22H34N2O3S/c1-15(2)12-19(25)17(13-16-10-8-7-9-11-16)23-21(27)20(26)18(14-28-6)24-22(3,4)5/h7-11,15,17-18,24H,12-14H2,1-6H3,(H,23,27). The summed E-state index contributed by atoms with van der Waals surface area (Å²) in [6.07, 6.45) is 2.64. The van der Waals surface area contributed by atoms with Crippen LogP contribution in [-0.4, -0.2) is 47.1 Å². The van der Waals surface area contributed by atoms with Crippen LogP contribution < -0.4 is 10.6 Å². The van der Waals surface area contributed by atoms with E-state index in [0.29, 0.717) is 18.6 Å². The molecule has 2 N–H and O–H groups in total. The highest BCUT2D eigenvalue weighted by molar-refractivity contribution is 7.98. The van der Waals surface area contributed by atoms with Crippen LogP contribution >= 0.6 is 11.8 Å². The molecule has 0 bridgehead atoms. The zero-order valence-corrected chi connectivity index (χ0v) is 18.7. The largest absolute Gasteiger partial charge is 0.339 e. The quantitative estimate of drug-likeness (QED) is 0.553. The summed E-state index contributed by atoms with van der Waals surface area (Å²) < 4.78 is 0. The predicted octanol–water partition coefficient (Wildman–Crippen LogP) is 3.02. The average molecular weight is 407 g/mol. The smallest absolute Gasteiger partial charge is 0.289 e. The summed E-state index contributed by atoms with van der Waals surface area (Å²) in [6, 6.07) is 8.24. The molecule has 1 amide bonds. The topological polar surface area (TPSA) is 75.3 Å². The van der Waals surface area contributed by atoms with Crippen molar-refractivity contribution in [2.45, 2.75) is 65.1 Å². The van der Waals surface area contributed by atoms with Crippen LogP contribution in [0.25, 0.3) is 0 Å². The van der Waals surface area contributed by atoms with Crippen LogP contribution in [0.5, 0.6) is 0 Å². The first kappa shape index (κ1) is 24.4. The zero-order valence-electron chi connectivity index (χ0n) is 17.9. The number of carbonyl (C=O) groups excluding carboxylic acids is 3. The molecule has 2 unspecified atom stereocenters. The number of Topliss-reactive ketones (excluding diaryl/α,β-unsaturated/α-hetero) is 2. The molecule has 2 atom stereocenters. The summed E-state index contributed by atoms with van der Waals surface area (Å²) in [7, 11) is 0. The summed E-state index contributed by atoms with van der Waals surface area (Å²) in [5.41, 5.74) is 0.651.